The van der Waals surface area contributed by atoms with Crippen LogP contribution >= 0.6 is 11.8 Å². The molecule has 0 saturated carbocycles. The third kappa shape index (κ3) is 10.9. The van der Waals surface area contributed by atoms with Crippen molar-refractivity contribution in [2.75, 3.05) is 18.9 Å². The van der Waals surface area contributed by atoms with Crippen molar-refractivity contribution in [3.8, 4) is 0 Å². The van der Waals surface area contributed by atoms with E-state index in [2.05, 4.69) is 53.8 Å². The molecule has 0 aromatic carbocycles. The predicted molar refractivity (Wildman–Crippen MR) is 114 cm³/mol. The van der Waals surface area contributed by atoms with Crippen molar-refractivity contribution in [1.29, 1.82) is 0 Å². The highest BCUT2D eigenvalue weighted by Gasteiger charge is 2.28. The van der Waals surface area contributed by atoms with Gasteiger partial charge in [0.15, 0.2) is 0 Å². The molecule has 27 heavy (non-hydrogen) atoms. The van der Waals surface area contributed by atoms with E-state index in [1.54, 1.807) is 11.8 Å². The lowest BCUT2D eigenvalue weighted by Crippen LogP contribution is -2.36. The number of rotatable bonds is 12. The number of thioether (sulfide) groups is 1. The second-order valence-corrected chi connectivity index (χ2v) is 10.6. The summed E-state index contributed by atoms with van der Waals surface area (Å²) in [7, 11) is 0. The predicted octanol–water partition coefficient (Wildman–Crippen LogP) is 5.27. The minimum Gasteiger partial charge on any atom is -0.461 e. The normalized spacial score (nSPS) is 14.6. The maximum atomic E-state index is 12.4. The number of nitrogens with one attached hydrogen (secondary N) is 1. The molecule has 0 saturated heterocycles. The molecule has 0 bridgehead atoms. The van der Waals surface area contributed by atoms with E-state index in [1.807, 2.05) is 13.8 Å². The van der Waals surface area contributed by atoms with E-state index in [1.165, 1.54) is 0 Å². The van der Waals surface area contributed by atoms with Crippen LogP contribution in [0.15, 0.2) is 0 Å². The van der Waals surface area contributed by atoms with Gasteiger partial charge in [0.1, 0.15) is 12.7 Å². The van der Waals surface area contributed by atoms with Gasteiger partial charge in [0.25, 0.3) is 0 Å². The van der Waals surface area contributed by atoms with Gasteiger partial charge in [-0.1, -0.05) is 61.8 Å². The molecule has 2 atom stereocenters. The third-order valence-corrected chi connectivity index (χ3v) is 7.01. The van der Waals surface area contributed by atoms with Crippen molar-refractivity contribution in [3.05, 3.63) is 0 Å². The molecular formula is C21H41NO4S. The van der Waals surface area contributed by atoms with Gasteiger partial charge >= 0.3 is 12.1 Å². The third-order valence-electron chi connectivity index (χ3n) is 5.26. The lowest BCUT2D eigenvalue weighted by molar-refractivity contribution is -0.151. The van der Waals surface area contributed by atoms with E-state index in [0.29, 0.717) is 18.2 Å². The molecule has 2 unspecified atom stereocenters. The standard InChI is InChI=1S/C21H41NO4S/c1-10-20(6,7)12-16(5)18(23)25-13-17(26-19(24)22-11-2)14-27-21(8,9)15(3)4/h15-17H,10-14H2,1-9H3,(H,22,24). The first-order valence-electron chi connectivity index (χ1n) is 10.1. The summed E-state index contributed by atoms with van der Waals surface area (Å²) in [6.07, 6.45) is 0.852. The summed E-state index contributed by atoms with van der Waals surface area (Å²) in [5.74, 6) is 0.662. The average Bonchev–Trinajstić information content (AvgIpc) is 2.56. The van der Waals surface area contributed by atoms with Gasteiger partial charge in [-0.05, 0) is 24.7 Å². The van der Waals surface area contributed by atoms with Crippen molar-refractivity contribution in [2.45, 2.75) is 86.0 Å². The summed E-state index contributed by atoms with van der Waals surface area (Å²) >= 11 is 1.73. The number of carbonyl (C=O) groups excluding carboxylic acids is 2. The zero-order chi connectivity index (χ0) is 21.3. The quantitative estimate of drug-likeness (QED) is 0.449. The van der Waals surface area contributed by atoms with Crippen LogP contribution in [0.25, 0.3) is 0 Å². The molecule has 0 aromatic heterocycles. The van der Waals surface area contributed by atoms with Crippen molar-refractivity contribution in [3.63, 3.8) is 0 Å². The van der Waals surface area contributed by atoms with Crippen LogP contribution in [0.3, 0.4) is 0 Å². The molecule has 0 aliphatic carbocycles. The monoisotopic (exact) mass is 403 g/mol. The Morgan fingerprint density at radius 1 is 1.07 bits per heavy atom. The van der Waals surface area contributed by atoms with Gasteiger partial charge in [0.2, 0.25) is 0 Å². The fourth-order valence-corrected chi connectivity index (χ4v) is 3.41. The Morgan fingerprint density at radius 2 is 1.67 bits per heavy atom. The van der Waals surface area contributed by atoms with E-state index < -0.39 is 12.2 Å². The van der Waals surface area contributed by atoms with Crippen LogP contribution in [0.2, 0.25) is 0 Å². The molecule has 0 rings (SSSR count). The number of amides is 1. The highest BCUT2D eigenvalue weighted by molar-refractivity contribution is 8.00. The smallest absolute Gasteiger partial charge is 0.407 e. The Labute approximate surface area is 170 Å². The molecule has 6 heteroatoms. The van der Waals surface area contributed by atoms with Gasteiger partial charge in [-0.3, -0.25) is 4.79 Å². The molecular weight excluding hydrogens is 362 g/mol. The zero-order valence-corrected chi connectivity index (χ0v) is 19.6. The summed E-state index contributed by atoms with van der Waals surface area (Å²) in [5.41, 5.74) is 0.104. The molecule has 1 N–H and O–H groups in total. The van der Waals surface area contributed by atoms with E-state index >= 15 is 0 Å². The lowest BCUT2D eigenvalue weighted by atomic mass is 9.81. The zero-order valence-electron chi connectivity index (χ0n) is 18.8. The van der Waals surface area contributed by atoms with Gasteiger partial charge in [-0.25, -0.2) is 4.79 Å². The highest BCUT2D eigenvalue weighted by Crippen LogP contribution is 2.33. The van der Waals surface area contributed by atoms with Crippen molar-refractivity contribution in [2.24, 2.45) is 17.3 Å². The van der Waals surface area contributed by atoms with E-state index in [4.69, 9.17) is 9.47 Å². The number of carbonyl (C=O) groups is 2. The van der Waals surface area contributed by atoms with Crippen molar-refractivity contribution >= 4 is 23.8 Å². The first-order chi connectivity index (χ1) is 12.3. The lowest BCUT2D eigenvalue weighted by Gasteiger charge is -2.30. The minimum absolute atomic E-state index is 0.0469. The fourth-order valence-electron chi connectivity index (χ4n) is 2.30. The Bertz CT molecular complexity index is 463. The molecule has 1 amide bonds. The second kappa shape index (κ2) is 11.8. The van der Waals surface area contributed by atoms with Crippen molar-refractivity contribution < 1.29 is 19.1 Å². The molecule has 0 aliphatic heterocycles. The summed E-state index contributed by atoms with van der Waals surface area (Å²) < 4.78 is 11.0. The highest BCUT2D eigenvalue weighted by atomic mass is 32.2. The molecule has 0 spiro atoms. The van der Waals surface area contributed by atoms with Crippen molar-refractivity contribution in [1.82, 2.24) is 5.32 Å². The molecule has 0 heterocycles. The Morgan fingerprint density at radius 3 is 2.15 bits per heavy atom. The maximum Gasteiger partial charge on any atom is 0.407 e. The van der Waals surface area contributed by atoms with Crippen LogP contribution in [-0.4, -0.2) is 41.8 Å². The largest absolute Gasteiger partial charge is 0.461 e. The van der Waals surface area contributed by atoms with Crippen LogP contribution in [0.5, 0.6) is 0 Å². The molecule has 5 nitrogen and oxygen atoms in total. The molecule has 0 fully saturated rings. The van der Waals surface area contributed by atoms with Gasteiger partial charge in [-0.2, -0.15) is 11.8 Å². The van der Waals surface area contributed by atoms with E-state index in [-0.39, 0.29) is 28.7 Å². The van der Waals surface area contributed by atoms with Gasteiger partial charge < -0.3 is 14.8 Å². The number of alkyl carbamates (subject to hydrolysis) is 1. The molecule has 160 valence electrons. The summed E-state index contributed by atoms with van der Waals surface area (Å²) in [6.45, 7) is 19.5. The minimum atomic E-state index is -0.471. The first-order valence-corrected chi connectivity index (χ1v) is 11.1. The van der Waals surface area contributed by atoms with Gasteiger partial charge in [-0.15, -0.1) is 0 Å². The number of hydrogen-bond donors (Lipinski definition) is 1. The molecule has 0 radical (unpaired) electrons. The Hall–Kier alpha value is -0.910. The topological polar surface area (TPSA) is 64.6 Å². The van der Waals surface area contributed by atoms with E-state index in [9.17, 15) is 9.59 Å². The summed E-state index contributed by atoms with van der Waals surface area (Å²) in [6, 6.07) is 0. The van der Waals surface area contributed by atoms with E-state index in [0.717, 1.165) is 12.8 Å². The Kier molecular flexibility index (Phi) is 11.4. The van der Waals surface area contributed by atoms with Crippen LogP contribution in [0.4, 0.5) is 4.79 Å². The summed E-state index contributed by atoms with van der Waals surface area (Å²) in [5, 5.41) is 2.63. The molecule has 0 aliphatic rings. The fraction of sp³-hybridized carbons (Fsp3) is 0.905. The number of esters is 1. The van der Waals surface area contributed by atoms with Crippen LogP contribution < -0.4 is 5.32 Å². The summed E-state index contributed by atoms with van der Waals surface area (Å²) in [4.78, 5) is 24.2. The number of ether oxygens (including phenoxy) is 2. The number of hydrogen-bond acceptors (Lipinski definition) is 5. The SMILES string of the molecule is CCNC(=O)OC(COC(=O)C(C)CC(C)(C)CC)CSC(C)(C)C(C)C. The Balaban J connectivity index is 4.78. The molecule has 0 aromatic rings. The average molecular weight is 404 g/mol. The van der Waals surface area contributed by atoms with Crippen LogP contribution in [0.1, 0.15) is 75.2 Å². The maximum absolute atomic E-state index is 12.4. The first kappa shape index (κ1) is 26.1. The second-order valence-electron chi connectivity index (χ2n) is 8.88. The van der Waals surface area contributed by atoms with Gasteiger partial charge in [0.05, 0.1) is 5.92 Å². The van der Waals surface area contributed by atoms with Gasteiger partial charge in [0, 0.05) is 17.0 Å². The van der Waals surface area contributed by atoms with Crippen LogP contribution in [0, 0.1) is 17.3 Å². The van der Waals surface area contributed by atoms with Crippen LogP contribution in [-0.2, 0) is 14.3 Å².